The Morgan fingerprint density at radius 2 is 1.38 bits per heavy atom. The maximum atomic E-state index is 12.8. The van der Waals surface area contributed by atoms with Gasteiger partial charge in [0.15, 0.2) is 0 Å². The normalized spacial score (nSPS) is 17.1. The molecule has 0 spiro atoms. The molecule has 1 aliphatic heterocycles. The fraction of sp³-hybridized carbons (Fsp3) is 0.724. The Hall–Kier alpha value is -2.04. The summed E-state index contributed by atoms with van der Waals surface area (Å²) in [5.41, 5.74) is 2.04. The molecule has 0 unspecified atom stereocenters. The lowest BCUT2D eigenvalue weighted by atomic mass is 9.88. The van der Waals surface area contributed by atoms with Crippen molar-refractivity contribution < 1.29 is 9.59 Å². The molecule has 2 amide bonds. The van der Waals surface area contributed by atoms with Gasteiger partial charge in [-0.15, -0.1) is 0 Å². The average molecular weight is 470 g/mol. The number of unbranched alkanes of at least 4 members (excludes halogenated alkanes) is 8. The van der Waals surface area contributed by atoms with Crippen molar-refractivity contribution in [2.45, 2.75) is 103 Å². The Morgan fingerprint density at radius 1 is 0.794 bits per heavy atom. The van der Waals surface area contributed by atoms with Gasteiger partial charge in [-0.25, -0.2) is 0 Å². The minimum absolute atomic E-state index is 0.116. The molecule has 0 radical (unpaired) electrons. The summed E-state index contributed by atoms with van der Waals surface area (Å²) in [5, 5.41) is 3.05. The third-order valence-electron chi connectivity index (χ3n) is 7.57. The number of carbonyl (C=O) groups is 2. The molecule has 2 fully saturated rings. The average Bonchev–Trinajstić information content (AvgIpc) is 2.88. The number of hydrogen-bond acceptors (Lipinski definition) is 3. The third-order valence-corrected chi connectivity index (χ3v) is 7.57. The van der Waals surface area contributed by atoms with E-state index in [9.17, 15) is 9.59 Å². The largest absolute Gasteiger partial charge is 0.368 e. The van der Waals surface area contributed by atoms with Crippen LogP contribution in [0.1, 0.15) is 103 Å². The van der Waals surface area contributed by atoms with Crippen molar-refractivity contribution in [3.05, 3.63) is 24.3 Å². The number of hydrogen-bond donors (Lipinski definition) is 1. The van der Waals surface area contributed by atoms with Crippen LogP contribution < -0.4 is 10.2 Å². The van der Waals surface area contributed by atoms with E-state index in [2.05, 4.69) is 34.2 Å². The maximum Gasteiger partial charge on any atom is 0.225 e. The highest BCUT2D eigenvalue weighted by atomic mass is 16.2. The van der Waals surface area contributed by atoms with Gasteiger partial charge < -0.3 is 15.1 Å². The molecule has 5 heteroatoms. The summed E-state index contributed by atoms with van der Waals surface area (Å²) >= 11 is 0. The minimum atomic E-state index is 0.116. The van der Waals surface area contributed by atoms with Crippen molar-refractivity contribution in [3.63, 3.8) is 0 Å². The van der Waals surface area contributed by atoms with Crippen molar-refractivity contribution in [1.29, 1.82) is 0 Å². The molecule has 2 aliphatic rings. The summed E-state index contributed by atoms with van der Waals surface area (Å²) in [6, 6.07) is 8.19. The molecular weight excluding hydrogens is 422 g/mol. The molecule has 3 rings (SSSR count). The van der Waals surface area contributed by atoms with Gasteiger partial charge in [0.1, 0.15) is 0 Å². The standard InChI is InChI=1S/C29H47N3O2/c1-2-3-4-5-6-7-8-9-13-16-28(33)30-26-17-19-27(20-18-26)31-21-23-32(24-22-31)29(34)25-14-11-10-12-15-25/h17-20,25H,2-16,21-24H2,1H3,(H,30,33). The van der Waals surface area contributed by atoms with Crippen molar-refractivity contribution >= 4 is 23.2 Å². The molecule has 5 nitrogen and oxygen atoms in total. The van der Waals surface area contributed by atoms with Crippen LogP contribution in [0.4, 0.5) is 11.4 Å². The molecule has 1 heterocycles. The zero-order valence-electron chi connectivity index (χ0n) is 21.5. The predicted octanol–water partition coefficient (Wildman–Crippen LogP) is 6.77. The molecule has 1 aliphatic carbocycles. The topological polar surface area (TPSA) is 52.7 Å². The quantitative estimate of drug-likeness (QED) is 0.324. The third kappa shape index (κ3) is 8.96. The highest BCUT2D eigenvalue weighted by molar-refractivity contribution is 5.90. The summed E-state index contributed by atoms with van der Waals surface area (Å²) in [4.78, 5) is 29.5. The molecule has 1 aromatic rings. The SMILES string of the molecule is CCCCCCCCCCCC(=O)Nc1ccc(N2CCN(C(=O)C3CCCCC3)CC2)cc1. The van der Waals surface area contributed by atoms with Gasteiger partial charge in [-0.05, 0) is 43.5 Å². The minimum Gasteiger partial charge on any atom is -0.368 e. The highest BCUT2D eigenvalue weighted by Crippen LogP contribution is 2.26. The molecular formula is C29H47N3O2. The molecule has 34 heavy (non-hydrogen) atoms. The second-order valence-electron chi connectivity index (χ2n) is 10.3. The van der Waals surface area contributed by atoms with Gasteiger partial charge in [0.2, 0.25) is 11.8 Å². The van der Waals surface area contributed by atoms with Gasteiger partial charge in [-0.3, -0.25) is 9.59 Å². The van der Waals surface area contributed by atoms with E-state index in [4.69, 9.17) is 0 Å². The number of amides is 2. The van der Waals surface area contributed by atoms with Gasteiger partial charge >= 0.3 is 0 Å². The van der Waals surface area contributed by atoms with E-state index in [1.54, 1.807) is 0 Å². The lowest BCUT2D eigenvalue weighted by Gasteiger charge is -2.38. The molecule has 0 atom stereocenters. The first kappa shape index (κ1) is 26.6. The fourth-order valence-corrected chi connectivity index (χ4v) is 5.37. The molecule has 1 saturated carbocycles. The number of carbonyl (C=O) groups excluding carboxylic acids is 2. The van der Waals surface area contributed by atoms with Crippen LogP contribution in [0.2, 0.25) is 0 Å². The van der Waals surface area contributed by atoms with Gasteiger partial charge in [0.25, 0.3) is 0 Å². The van der Waals surface area contributed by atoms with Crippen molar-refractivity contribution in [2.24, 2.45) is 5.92 Å². The van der Waals surface area contributed by atoms with E-state index in [0.717, 1.165) is 57.5 Å². The maximum absolute atomic E-state index is 12.8. The first-order valence-electron chi connectivity index (χ1n) is 14.1. The summed E-state index contributed by atoms with van der Waals surface area (Å²) < 4.78 is 0. The number of nitrogens with one attached hydrogen (secondary N) is 1. The van der Waals surface area contributed by atoms with Gasteiger partial charge in [-0.1, -0.05) is 77.6 Å². The summed E-state index contributed by atoms with van der Waals surface area (Å²) in [7, 11) is 0. The fourth-order valence-electron chi connectivity index (χ4n) is 5.37. The number of piperazine rings is 1. The Morgan fingerprint density at radius 3 is 2.00 bits per heavy atom. The molecule has 1 N–H and O–H groups in total. The lowest BCUT2D eigenvalue weighted by molar-refractivity contribution is -0.136. The number of rotatable bonds is 13. The van der Waals surface area contributed by atoms with E-state index >= 15 is 0 Å². The van der Waals surface area contributed by atoms with Gasteiger partial charge in [0, 0.05) is 49.9 Å². The van der Waals surface area contributed by atoms with Gasteiger partial charge in [0.05, 0.1) is 0 Å². The lowest BCUT2D eigenvalue weighted by Crippen LogP contribution is -2.50. The van der Waals surface area contributed by atoms with Crippen LogP contribution in [-0.4, -0.2) is 42.9 Å². The Balaban J connectivity index is 1.30. The van der Waals surface area contributed by atoms with Crippen LogP contribution in [0, 0.1) is 5.92 Å². The summed E-state index contributed by atoms with van der Waals surface area (Å²) in [6.45, 7) is 5.63. The van der Waals surface area contributed by atoms with E-state index in [-0.39, 0.29) is 11.8 Å². The monoisotopic (exact) mass is 469 g/mol. The Bertz CT molecular complexity index is 719. The van der Waals surface area contributed by atoms with E-state index < -0.39 is 0 Å². The smallest absolute Gasteiger partial charge is 0.225 e. The summed E-state index contributed by atoms with van der Waals surface area (Å²) in [6.07, 6.45) is 17.9. The zero-order chi connectivity index (χ0) is 24.0. The first-order chi connectivity index (χ1) is 16.7. The number of benzene rings is 1. The molecule has 1 saturated heterocycles. The number of nitrogens with zero attached hydrogens (tertiary/aromatic N) is 2. The van der Waals surface area contributed by atoms with Gasteiger partial charge in [-0.2, -0.15) is 0 Å². The second kappa shape index (κ2) is 15.1. The highest BCUT2D eigenvalue weighted by Gasteiger charge is 2.28. The van der Waals surface area contributed by atoms with Crippen LogP contribution in [-0.2, 0) is 9.59 Å². The number of anilines is 2. The summed E-state index contributed by atoms with van der Waals surface area (Å²) in [5.74, 6) is 0.758. The zero-order valence-corrected chi connectivity index (χ0v) is 21.5. The van der Waals surface area contributed by atoms with Crippen LogP contribution in [0.15, 0.2) is 24.3 Å². The van der Waals surface area contributed by atoms with Crippen molar-refractivity contribution in [1.82, 2.24) is 4.90 Å². The Kier molecular flexibility index (Phi) is 11.8. The van der Waals surface area contributed by atoms with Crippen LogP contribution in [0.5, 0.6) is 0 Å². The Labute approximate surface area is 207 Å². The molecule has 190 valence electrons. The molecule has 0 aromatic heterocycles. The van der Waals surface area contributed by atoms with E-state index in [0.29, 0.717) is 12.3 Å². The second-order valence-corrected chi connectivity index (χ2v) is 10.3. The first-order valence-corrected chi connectivity index (χ1v) is 14.1. The van der Waals surface area contributed by atoms with E-state index in [1.165, 1.54) is 69.9 Å². The van der Waals surface area contributed by atoms with Crippen molar-refractivity contribution in [3.8, 4) is 0 Å². The molecule has 0 bridgehead atoms. The van der Waals surface area contributed by atoms with Crippen molar-refractivity contribution in [2.75, 3.05) is 36.4 Å². The molecule has 1 aromatic carbocycles. The van der Waals surface area contributed by atoms with E-state index in [1.807, 2.05) is 12.1 Å². The van der Waals surface area contributed by atoms with Crippen LogP contribution in [0.3, 0.4) is 0 Å². The predicted molar refractivity (Wildman–Crippen MR) is 142 cm³/mol. The van der Waals surface area contributed by atoms with Crippen LogP contribution >= 0.6 is 0 Å². The van der Waals surface area contributed by atoms with Crippen LogP contribution in [0.25, 0.3) is 0 Å².